The molecular weight excluding hydrogens is 463 g/mol. The molecule has 1 saturated carbocycles. The van der Waals surface area contributed by atoms with Crippen LogP contribution in [-0.2, 0) is 6.42 Å². The number of hydrogen-bond acceptors (Lipinski definition) is 3. The summed E-state index contributed by atoms with van der Waals surface area (Å²) < 4.78 is 14.4. The van der Waals surface area contributed by atoms with Gasteiger partial charge in [-0.05, 0) is 78.4 Å². The monoisotopic (exact) mass is 488 g/mol. The number of aromatic nitrogens is 2. The third kappa shape index (κ3) is 5.43. The molecule has 1 aliphatic carbocycles. The molecule has 1 aromatic heterocycles. The van der Waals surface area contributed by atoms with E-state index in [1.807, 2.05) is 37.3 Å². The molecular formula is C23H26BrFN4O2. The zero-order valence-electron chi connectivity index (χ0n) is 17.3. The first kappa shape index (κ1) is 21.8. The van der Waals surface area contributed by atoms with E-state index in [0.717, 1.165) is 29.4 Å². The lowest BCUT2D eigenvalue weighted by Gasteiger charge is -2.33. The second-order valence-electron chi connectivity index (χ2n) is 8.53. The third-order valence-corrected chi connectivity index (χ3v) is 6.51. The van der Waals surface area contributed by atoms with Crippen LogP contribution in [0, 0.1) is 5.82 Å². The number of halogens is 2. The topological polar surface area (TPSA) is 90.0 Å². The summed E-state index contributed by atoms with van der Waals surface area (Å²) in [4.78, 5) is 20.7. The molecule has 0 spiro atoms. The summed E-state index contributed by atoms with van der Waals surface area (Å²) in [6, 6.07) is 11.9. The van der Waals surface area contributed by atoms with Gasteiger partial charge in [-0.15, -0.1) is 0 Å². The number of urea groups is 1. The van der Waals surface area contributed by atoms with Gasteiger partial charge in [0.1, 0.15) is 11.6 Å². The number of H-pyrrole nitrogens is 1. The second-order valence-corrected chi connectivity index (χ2v) is 9.39. The summed E-state index contributed by atoms with van der Waals surface area (Å²) in [5.41, 5.74) is 1.78. The number of carbonyl (C=O) groups is 1. The van der Waals surface area contributed by atoms with E-state index < -0.39 is 11.6 Å². The summed E-state index contributed by atoms with van der Waals surface area (Å²) in [5, 5.41) is 16.1. The van der Waals surface area contributed by atoms with Crippen molar-refractivity contribution in [3.8, 4) is 0 Å². The number of para-hydroxylation sites is 2. The van der Waals surface area contributed by atoms with Crippen LogP contribution in [0.1, 0.15) is 50.0 Å². The fourth-order valence-corrected chi connectivity index (χ4v) is 4.27. The number of fused-ring (bicyclic) bond motifs is 1. The van der Waals surface area contributed by atoms with Gasteiger partial charge < -0.3 is 20.7 Å². The summed E-state index contributed by atoms with van der Waals surface area (Å²) in [7, 11) is 0. The van der Waals surface area contributed by atoms with E-state index in [-0.39, 0.29) is 17.9 Å². The first-order chi connectivity index (χ1) is 14.8. The molecule has 1 atom stereocenters. The molecule has 8 heteroatoms. The van der Waals surface area contributed by atoms with Crippen LogP contribution >= 0.6 is 15.9 Å². The number of aromatic amines is 1. The molecule has 3 aromatic rings. The molecule has 4 rings (SSSR count). The number of benzene rings is 2. The van der Waals surface area contributed by atoms with E-state index in [1.165, 1.54) is 6.07 Å². The third-order valence-electron chi connectivity index (χ3n) is 5.86. The quantitative estimate of drug-likeness (QED) is 0.418. The Balaban J connectivity index is 1.51. The molecule has 1 heterocycles. The van der Waals surface area contributed by atoms with Gasteiger partial charge in [0, 0.05) is 12.5 Å². The zero-order valence-corrected chi connectivity index (χ0v) is 18.9. The fourth-order valence-electron chi connectivity index (χ4n) is 4.03. The molecule has 0 unspecified atom stereocenters. The van der Waals surface area contributed by atoms with E-state index in [1.54, 1.807) is 6.07 Å². The Bertz CT molecular complexity index is 1040. The smallest absolute Gasteiger partial charge is 0.315 e. The van der Waals surface area contributed by atoms with E-state index in [9.17, 15) is 14.3 Å². The van der Waals surface area contributed by atoms with Crippen LogP contribution in [0.5, 0.6) is 0 Å². The molecule has 6 nitrogen and oxygen atoms in total. The lowest BCUT2D eigenvalue weighted by molar-refractivity contribution is 0.0151. The van der Waals surface area contributed by atoms with Crippen molar-refractivity contribution in [1.29, 1.82) is 0 Å². The number of hydrogen-bond donors (Lipinski definition) is 4. The predicted molar refractivity (Wildman–Crippen MR) is 121 cm³/mol. The Morgan fingerprint density at radius 3 is 2.77 bits per heavy atom. The van der Waals surface area contributed by atoms with Crippen molar-refractivity contribution in [2.24, 2.45) is 0 Å². The molecule has 2 amide bonds. The lowest BCUT2D eigenvalue weighted by Crippen LogP contribution is -2.47. The van der Waals surface area contributed by atoms with Crippen molar-refractivity contribution in [1.82, 2.24) is 20.6 Å². The Hall–Kier alpha value is -2.45. The highest BCUT2D eigenvalue weighted by Crippen LogP contribution is 2.28. The van der Waals surface area contributed by atoms with Crippen molar-refractivity contribution >= 4 is 33.0 Å². The van der Waals surface area contributed by atoms with E-state index in [2.05, 4.69) is 36.5 Å². The standard InChI is InChI=1S/C23H26BrFN4O2/c1-23(31)10-8-15(9-11-23)26-22(30)29-20(13-14-6-7-16(24)17(25)12-14)21-27-18-4-2-3-5-19(18)28-21/h2-7,12,15,20,31H,8-11,13H2,1H3,(H,27,28)(H2,26,29,30)/t15-,20-,23+/m1/s1. The first-order valence-electron chi connectivity index (χ1n) is 10.5. The molecule has 0 radical (unpaired) electrons. The van der Waals surface area contributed by atoms with Gasteiger partial charge in [0.2, 0.25) is 0 Å². The van der Waals surface area contributed by atoms with Gasteiger partial charge in [0.15, 0.2) is 0 Å². The largest absolute Gasteiger partial charge is 0.390 e. The first-order valence-corrected chi connectivity index (χ1v) is 11.3. The summed E-state index contributed by atoms with van der Waals surface area (Å²) in [6.45, 7) is 1.83. The van der Waals surface area contributed by atoms with Crippen molar-refractivity contribution < 1.29 is 14.3 Å². The van der Waals surface area contributed by atoms with E-state index in [0.29, 0.717) is 29.6 Å². The van der Waals surface area contributed by atoms with Crippen molar-refractivity contribution in [2.75, 3.05) is 0 Å². The van der Waals surface area contributed by atoms with Crippen molar-refractivity contribution in [2.45, 2.75) is 56.7 Å². The van der Waals surface area contributed by atoms with Gasteiger partial charge in [-0.25, -0.2) is 14.2 Å². The lowest BCUT2D eigenvalue weighted by atomic mass is 9.84. The Morgan fingerprint density at radius 2 is 2.06 bits per heavy atom. The minimum Gasteiger partial charge on any atom is -0.390 e. The minimum atomic E-state index is -0.656. The van der Waals surface area contributed by atoms with Crippen molar-refractivity contribution in [3.63, 3.8) is 0 Å². The number of aliphatic hydroxyl groups is 1. The average Bonchev–Trinajstić information content (AvgIpc) is 3.16. The number of nitrogens with zero attached hydrogens (tertiary/aromatic N) is 1. The Labute approximate surface area is 188 Å². The number of imidazole rings is 1. The normalized spacial score (nSPS) is 22.3. The SMILES string of the molecule is C[C@]1(O)CC[C@@H](NC(=O)N[C@H](Cc2ccc(Br)c(F)c2)c2nc3ccccc3[nH]2)CC1. The zero-order chi connectivity index (χ0) is 22.0. The molecule has 31 heavy (non-hydrogen) atoms. The summed E-state index contributed by atoms with van der Waals surface area (Å²) in [6.07, 6.45) is 3.16. The van der Waals surface area contributed by atoms with Crippen LogP contribution in [0.25, 0.3) is 11.0 Å². The molecule has 4 N–H and O–H groups in total. The van der Waals surface area contributed by atoms with Gasteiger partial charge in [-0.2, -0.15) is 0 Å². The van der Waals surface area contributed by atoms with Crippen LogP contribution in [0.3, 0.4) is 0 Å². The predicted octanol–water partition coefficient (Wildman–Crippen LogP) is 4.74. The summed E-state index contributed by atoms with van der Waals surface area (Å²) >= 11 is 3.18. The highest BCUT2D eigenvalue weighted by atomic mass is 79.9. The van der Waals surface area contributed by atoms with E-state index >= 15 is 0 Å². The fraction of sp³-hybridized carbons (Fsp3) is 0.391. The van der Waals surface area contributed by atoms with Gasteiger partial charge in [-0.3, -0.25) is 0 Å². The average molecular weight is 489 g/mol. The second kappa shape index (κ2) is 8.96. The highest BCUT2D eigenvalue weighted by molar-refractivity contribution is 9.10. The number of nitrogens with one attached hydrogen (secondary N) is 3. The van der Waals surface area contributed by atoms with Crippen LogP contribution in [0.2, 0.25) is 0 Å². The van der Waals surface area contributed by atoms with Crippen LogP contribution in [-0.4, -0.2) is 32.7 Å². The van der Waals surface area contributed by atoms with Crippen LogP contribution in [0.15, 0.2) is 46.9 Å². The molecule has 1 fully saturated rings. The Kier molecular flexibility index (Phi) is 6.29. The van der Waals surface area contributed by atoms with Gasteiger partial charge in [0.05, 0.1) is 27.1 Å². The van der Waals surface area contributed by atoms with Crippen LogP contribution < -0.4 is 10.6 Å². The molecule has 164 valence electrons. The maximum atomic E-state index is 14.0. The molecule has 0 aliphatic heterocycles. The van der Waals surface area contributed by atoms with Gasteiger partial charge in [0.25, 0.3) is 0 Å². The number of amides is 2. The molecule has 0 bridgehead atoms. The molecule has 2 aromatic carbocycles. The summed E-state index contributed by atoms with van der Waals surface area (Å²) in [5.74, 6) is 0.269. The maximum absolute atomic E-state index is 14.0. The Morgan fingerprint density at radius 1 is 1.32 bits per heavy atom. The van der Waals surface area contributed by atoms with Gasteiger partial charge in [-0.1, -0.05) is 18.2 Å². The van der Waals surface area contributed by atoms with Gasteiger partial charge >= 0.3 is 6.03 Å². The number of rotatable bonds is 5. The number of carbonyl (C=O) groups excluding carboxylic acids is 1. The van der Waals surface area contributed by atoms with E-state index in [4.69, 9.17) is 0 Å². The van der Waals surface area contributed by atoms with Crippen LogP contribution in [0.4, 0.5) is 9.18 Å². The molecule has 0 saturated heterocycles. The maximum Gasteiger partial charge on any atom is 0.315 e. The van der Waals surface area contributed by atoms with Crippen molar-refractivity contribution in [3.05, 3.63) is 64.1 Å². The minimum absolute atomic E-state index is 0.0154. The highest BCUT2D eigenvalue weighted by Gasteiger charge is 2.30. The molecule has 1 aliphatic rings.